The summed E-state index contributed by atoms with van der Waals surface area (Å²) in [5.41, 5.74) is -1.17. The Morgan fingerprint density at radius 1 is 1.29 bits per heavy atom. The van der Waals surface area contributed by atoms with Crippen LogP contribution < -0.4 is 4.72 Å². The van der Waals surface area contributed by atoms with Crippen LogP contribution in [0.3, 0.4) is 0 Å². The number of nitrogens with zero attached hydrogens (tertiary/aromatic N) is 1. The van der Waals surface area contributed by atoms with Crippen molar-refractivity contribution in [3.63, 3.8) is 0 Å². The molecule has 9 heteroatoms. The first-order valence-corrected chi connectivity index (χ1v) is 9.25. The molecule has 0 amide bonds. The van der Waals surface area contributed by atoms with Gasteiger partial charge in [-0.15, -0.1) is 11.3 Å². The second kappa shape index (κ2) is 7.51. The number of hydrogen-bond acceptors (Lipinski definition) is 5. The molecule has 2 rings (SSSR count). The summed E-state index contributed by atoms with van der Waals surface area (Å²) in [6, 6.07) is 3.19. The fourth-order valence-electron chi connectivity index (χ4n) is 2.01. The van der Waals surface area contributed by atoms with Gasteiger partial charge in [0.1, 0.15) is 5.60 Å². The summed E-state index contributed by atoms with van der Waals surface area (Å²) in [5.74, 6) is 0. The zero-order valence-corrected chi connectivity index (χ0v) is 15.3. The number of nitrogens with one attached hydrogen (secondary N) is 1. The van der Waals surface area contributed by atoms with Gasteiger partial charge in [0.15, 0.2) is 5.13 Å². The molecule has 0 radical (unpaired) electrons. The van der Waals surface area contributed by atoms with Crippen LogP contribution in [0.15, 0.2) is 28.5 Å². The lowest BCUT2D eigenvalue weighted by Gasteiger charge is -2.22. The molecule has 2 N–H and O–H groups in total. The van der Waals surface area contributed by atoms with Gasteiger partial charge < -0.3 is 9.83 Å². The minimum absolute atomic E-state index is 0.0118. The van der Waals surface area contributed by atoms with Crippen molar-refractivity contribution in [3.05, 3.63) is 39.9 Å². The standard InChI is InChI=1S/C15H16ClF3N2OS2/c1-3-14(22,4-2)12-8-23-13(20-12)21-24-11-6-5-9(7-10(11)16)15(17,18)19/h5-8,22H,3-4H2,1-2H3,(H,20,21). The van der Waals surface area contributed by atoms with E-state index in [4.69, 9.17) is 11.6 Å². The van der Waals surface area contributed by atoms with Crippen LogP contribution in [0, 0.1) is 0 Å². The molecule has 0 bridgehead atoms. The average molecular weight is 397 g/mol. The molecule has 0 atom stereocenters. The number of halogens is 4. The van der Waals surface area contributed by atoms with Gasteiger partial charge in [0.05, 0.1) is 16.3 Å². The third-order valence-electron chi connectivity index (χ3n) is 3.66. The molecule has 24 heavy (non-hydrogen) atoms. The maximum atomic E-state index is 12.6. The Morgan fingerprint density at radius 2 is 1.96 bits per heavy atom. The lowest BCUT2D eigenvalue weighted by molar-refractivity contribution is -0.137. The van der Waals surface area contributed by atoms with E-state index in [9.17, 15) is 18.3 Å². The molecule has 0 fully saturated rings. The second-order valence-corrected chi connectivity index (χ2v) is 7.24. The molecule has 3 nitrogen and oxygen atoms in total. The summed E-state index contributed by atoms with van der Waals surface area (Å²) in [4.78, 5) is 4.80. The highest BCUT2D eigenvalue weighted by atomic mass is 35.5. The molecule has 0 unspecified atom stereocenters. The fraction of sp³-hybridized carbons (Fsp3) is 0.400. The molecule has 0 aliphatic heterocycles. The smallest absolute Gasteiger partial charge is 0.384 e. The molecular weight excluding hydrogens is 381 g/mol. The quantitative estimate of drug-likeness (QED) is 0.593. The molecular formula is C15H16ClF3N2OS2. The van der Waals surface area contributed by atoms with Crippen LogP contribution in [0.5, 0.6) is 0 Å². The molecule has 2 aromatic rings. The Kier molecular flexibility index (Phi) is 6.06. The third kappa shape index (κ3) is 4.36. The van der Waals surface area contributed by atoms with Gasteiger partial charge in [-0.05, 0) is 43.0 Å². The van der Waals surface area contributed by atoms with Crippen LogP contribution in [0.2, 0.25) is 5.02 Å². The van der Waals surface area contributed by atoms with Crippen molar-refractivity contribution >= 4 is 40.0 Å². The number of aliphatic hydroxyl groups is 1. The first-order chi connectivity index (χ1) is 11.2. The van der Waals surface area contributed by atoms with Crippen molar-refractivity contribution in [3.8, 4) is 0 Å². The fourth-order valence-corrected chi connectivity index (χ4v) is 3.80. The second-order valence-electron chi connectivity index (χ2n) is 5.12. The third-order valence-corrected chi connectivity index (χ3v) is 5.84. The number of benzene rings is 1. The zero-order chi connectivity index (χ0) is 18.0. The molecule has 0 aliphatic rings. The van der Waals surface area contributed by atoms with Crippen molar-refractivity contribution in [2.75, 3.05) is 4.72 Å². The number of anilines is 1. The Morgan fingerprint density at radius 3 is 2.50 bits per heavy atom. The largest absolute Gasteiger partial charge is 0.416 e. The first-order valence-electron chi connectivity index (χ1n) is 7.17. The van der Waals surface area contributed by atoms with E-state index in [1.165, 1.54) is 17.4 Å². The molecule has 132 valence electrons. The minimum Gasteiger partial charge on any atom is -0.384 e. The minimum atomic E-state index is -4.42. The summed E-state index contributed by atoms with van der Waals surface area (Å²) in [6.07, 6.45) is -3.33. The van der Waals surface area contributed by atoms with Gasteiger partial charge in [-0.2, -0.15) is 13.2 Å². The SMILES string of the molecule is CCC(O)(CC)c1csc(NSc2ccc(C(F)(F)F)cc2Cl)n1. The maximum Gasteiger partial charge on any atom is 0.416 e. The number of rotatable bonds is 6. The van der Waals surface area contributed by atoms with Crippen LogP contribution in [-0.4, -0.2) is 10.1 Å². The van der Waals surface area contributed by atoms with E-state index in [1.54, 1.807) is 5.38 Å². The number of alkyl halides is 3. The van der Waals surface area contributed by atoms with Crippen molar-refractivity contribution < 1.29 is 18.3 Å². The normalized spacial score (nSPS) is 12.5. The van der Waals surface area contributed by atoms with Crippen LogP contribution in [0.25, 0.3) is 0 Å². The van der Waals surface area contributed by atoms with Crippen molar-refractivity contribution in [2.24, 2.45) is 0 Å². The Bertz CT molecular complexity index is 702. The van der Waals surface area contributed by atoms with Crippen LogP contribution >= 0.6 is 34.9 Å². The highest BCUT2D eigenvalue weighted by Gasteiger charge is 2.31. The summed E-state index contributed by atoms with van der Waals surface area (Å²) < 4.78 is 40.8. The van der Waals surface area contributed by atoms with Gasteiger partial charge in [-0.25, -0.2) is 4.98 Å². The summed E-state index contributed by atoms with van der Waals surface area (Å²) in [7, 11) is 0. The summed E-state index contributed by atoms with van der Waals surface area (Å²) in [5, 5.41) is 12.8. The Labute approximate surface area is 151 Å². The summed E-state index contributed by atoms with van der Waals surface area (Å²) >= 11 is 8.30. The highest BCUT2D eigenvalue weighted by molar-refractivity contribution is 8.00. The average Bonchev–Trinajstić information content (AvgIpc) is 3.01. The molecule has 0 saturated heterocycles. The highest BCUT2D eigenvalue weighted by Crippen LogP contribution is 2.37. The van der Waals surface area contributed by atoms with Gasteiger partial charge in [0, 0.05) is 10.3 Å². The predicted molar refractivity (Wildman–Crippen MR) is 92.5 cm³/mol. The van der Waals surface area contributed by atoms with Gasteiger partial charge in [-0.3, -0.25) is 0 Å². The Hall–Kier alpha value is -0.960. The van der Waals surface area contributed by atoms with E-state index in [2.05, 4.69) is 9.71 Å². The van der Waals surface area contributed by atoms with Gasteiger partial charge in [0.25, 0.3) is 0 Å². The maximum absolute atomic E-state index is 12.6. The molecule has 1 aromatic heterocycles. The molecule has 0 aliphatic carbocycles. The number of hydrogen-bond donors (Lipinski definition) is 2. The van der Waals surface area contributed by atoms with E-state index in [1.807, 2.05) is 13.8 Å². The summed E-state index contributed by atoms with van der Waals surface area (Å²) in [6.45, 7) is 3.76. The zero-order valence-electron chi connectivity index (χ0n) is 12.9. The number of thiazole rings is 1. The van der Waals surface area contributed by atoms with Crippen LogP contribution in [0.1, 0.15) is 37.9 Å². The molecule has 0 spiro atoms. The topological polar surface area (TPSA) is 45.1 Å². The van der Waals surface area contributed by atoms with Crippen LogP contribution in [-0.2, 0) is 11.8 Å². The van der Waals surface area contributed by atoms with Gasteiger partial charge in [-0.1, -0.05) is 25.4 Å². The molecule has 0 saturated carbocycles. The van der Waals surface area contributed by atoms with Crippen LogP contribution in [0.4, 0.5) is 18.3 Å². The first kappa shape index (κ1) is 19.4. The predicted octanol–water partition coefficient (Wildman–Crippen LogP) is 5.94. The lowest BCUT2D eigenvalue weighted by atomic mass is 9.94. The Balaban J connectivity index is 2.08. The molecule has 1 aromatic carbocycles. The van der Waals surface area contributed by atoms with Crippen molar-refractivity contribution in [1.82, 2.24) is 4.98 Å². The van der Waals surface area contributed by atoms with E-state index < -0.39 is 17.3 Å². The van der Waals surface area contributed by atoms with Gasteiger partial charge >= 0.3 is 6.18 Å². The van der Waals surface area contributed by atoms with Crippen molar-refractivity contribution in [1.29, 1.82) is 0 Å². The van der Waals surface area contributed by atoms with E-state index in [-0.39, 0.29) is 5.02 Å². The van der Waals surface area contributed by atoms with E-state index in [0.717, 1.165) is 24.1 Å². The van der Waals surface area contributed by atoms with Gasteiger partial charge in [0.2, 0.25) is 0 Å². The molecule has 1 heterocycles. The monoisotopic (exact) mass is 396 g/mol. The number of aromatic nitrogens is 1. The van der Waals surface area contributed by atoms with E-state index in [0.29, 0.717) is 28.6 Å². The lowest BCUT2D eigenvalue weighted by Crippen LogP contribution is -2.23. The van der Waals surface area contributed by atoms with E-state index >= 15 is 0 Å². The van der Waals surface area contributed by atoms with Crippen molar-refractivity contribution in [2.45, 2.75) is 43.4 Å².